The lowest BCUT2D eigenvalue weighted by molar-refractivity contribution is 0.0916. The predicted molar refractivity (Wildman–Crippen MR) is 74.7 cm³/mol. The molecule has 0 aromatic heterocycles. The number of rotatable bonds is 4. The van der Waals surface area contributed by atoms with Gasteiger partial charge in [-0.05, 0) is 45.1 Å². The number of benzene rings is 1. The summed E-state index contributed by atoms with van der Waals surface area (Å²) in [7, 11) is 0. The molecule has 0 fully saturated rings. The molecule has 0 unspecified atom stereocenters. The molecule has 0 aliphatic rings. The summed E-state index contributed by atoms with van der Waals surface area (Å²) in [6.07, 6.45) is 1.11. The molecule has 94 valence electrons. The minimum atomic E-state index is -0.195. The van der Waals surface area contributed by atoms with E-state index in [1.807, 2.05) is 45.0 Å². The zero-order valence-corrected chi connectivity index (χ0v) is 11.9. The number of amides is 1. The monoisotopic (exact) mass is 251 g/mol. The Morgan fingerprint density at radius 1 is 1.29 bits per heavy atom. The molecule has 1 rings (SSSR count). The minimum absolute atomic E-state index is 0.0108. The van der Waals surface area contributed by atoms with Crippen LogP contribution in [-0.4, -0.2) is 17.2 Å². The molecule has 3 heteroatoms. The SMILES string of the molecule is CCCSc1ccccc1C(=O)NC(C)(C)C. The molecular formula is C14H21NOS. The first-order chi connectivity index (χ1) is 7.94. The maximum atomic E-state index is 12.1. The van der Waals surface area contributed by atoms with Crippen LogP contribution in [0.15, 0.2) is 29.2 Å². The largest absolute Gasteiger partial charge is 0.347 e. The summed E-state index contributed by atoms with van der Waals surface area (Å²) in [4.78, 5) is 13.2. The summed E-state index contributed by atoms with van der Waals surface area (Å²) in [5.41, 5.74) is 0.584. The fourth-order valence-corrected chi connectivity index (χ4v) is 2.32. The second-order valence-electron chi connectivity index (χ2n) is 5.05. The van der Waals surface area contributed by atoms with Crippen molar-refractivity contribution < 1.29 is 4.79 Å². The zero-order valence-electron chi connectivity index (χ0n) is 11.0. The fourth-order valence-electron chi connectivity index (χ4n) is 1.40. The van der Waals surface area contributed by atoms with Crippen molar-refractivity contribution in [3.05, 3.63) is 29.8 Å². The van der Waals surface area contributed by atoms with E-state index in [9.17, 15) is 4.79 Å². The van der Waals surface area contributed by atoms with Gasteiger partial charge in [-0.3, -0.25) is 4.79 Å². The Hall–Kier alpha value is -0.960. The molecule has 2 nitrogen and oxygen atoms in total. The van der Waals surface area contributed by atoms with E-state index in [0.717, 1.165) is 22.6 Å². The highest BCUT2D eigenvalue weighted by molar-refractivity contribution is 7.99. The third-order valence-electron chi connectivity index (χ3n) is 2.08. The molecule has 1 aromatic carbocycles. The smallest absolute Gasteiger partial charge is 0.252 e. The van der Waals surface area contributed by atoms with E-state index in [1.165, 1.54) is 0 Å². The van der Waals surface area contributed by atoms with Crippen molar-refractivity contribution in [3.63, 3.8) is 0 Å². The summed E-state index contributed by atoms with van der Waals surface area (Å²) in [6.45, 7) is 8.12. The zero-order chi connectivity index (χ0) is 12.9. The van der Waals surface area contributed by atoms with Crippen LogP contribution in [0.1, 0.15) is 44.5 Å². The second-order valence-corrected chi connectivity index (χ2v) is 6.19. The molecule has 1 N–H and O–H groups in total. The maximum absolute atomic E-state index is 12.1. The highest BCUT2D eigenvalue weighted by Crippen LogP contribution is 2.23. The Balaban J connectivity index is 2.85. The number of thioether (sulfide) groups is 1. The van der Waals surface area contributed by atoms with Gasteiger partial charge >= 0.3 is 0 Å². The summed E-state index contributed by atoms with van der Waals surface area (Å²) in [6, 6.07) is 7.79. The van der Waals surface area contributed by atoms with Gasteiger partial charge in [0.05, 0.1) is 5.56 Å². The van der Waals surface area contributed by atoms with E-state index >= 15 is 0 Å². The number of carbonyl (C=O) groups is 1. The quantitative estimate of drug-likeness (QED) is 0.826. The summed E-state index contributed by atoms with van der Waals surface area (Å²) in [5.74, 6) is 1.05. The molecule has 0 bridgehead atoms. The molecule has 0 radical (unpaired) electrons. The van der Waals surface area contributed by atoms with Crippen molar-refractivity contribution in [3.8, 4) is 0 Å². The van der Waals surface area contributed by atoms with Gasteiger partial charge in [-0.15, -0.1) is 11.8 Å². The van der Waals surface area contributed by atoms with Crippen LogP contribution in [-0.2, 0) is 0 Å². The van der Waals surface area contributed by atoms with E-state index in [4.69, 9.17) is 0 Å². The summed E-state index contributed by atoms with van der Waals surface area (Å²) in [5, 5.41) is 3.00. The molecule has 0 aliphatic heterocycles. The first kappa shape index (κ1) is 14.1. The first-order valence-corrected chi connectivity index (χ1v) is 6.97. The van der Waals surface area contributed by atoms with Gasteiger partial charge in [0, 0.05) is 10.4 Å². The van der Waals surface area contributed by atoms with E-state index in [-0.39, 0.29) is 11.4 Å². The van der Waals surface area contributed by atoms with Crippen LogP contribution in [0.25, 0.3) is 0 Å². The molecule has 1 aromatic rings. The third-order valence-corrected chi connectivity index (χ3v) is 3.36. The van der Waals surface area contributed by atoms with Gasteiger partial charge in [-0.25, -0.2) is 0 Å². The van der Waals surface area contributed by atoms with Crippen LogP contribution in [0.3, 0.4) is 0 Å². The molecule has 0 saturated heterocycles. The number of hydrogen-bond donors (Lipinski definition) is 1. The van der Waals surface area contributed by atoms with Gasteiger partial charge in [-0.1, -0.05) is 19.1 Å². The van der Waals surface area contributed by atoms with Crippen molar-refractivity contribution in [2.24, 2.45) is 0 Å². The van der Waals surface area contributed by atoms with Crippen molar-refractivity contribution in [1.82, 2.24) is 5.32 Å². The highest BCUT2D eigenvalue weighted by atomic mass is 32.2. The van der Waals surface area contributed by atoms with Crippen LogP contribution in [0.5, 0.6) is 0 Å². The Labute approximate surface area is 108 Å². The molecule has 0 heterocycles. The molecule has 0 saturated carbocycles. The van der Waals surface area contributed by atoms with Crippen molar-refractivity contribution in [1.29, 1.82) is 0 Å². The Morgan fingerprint density at radius 2 is 1.94 bits per heavy atom. The molecule has 0 atom stereocenters. The Bertz CT molecular complexity index is 382. The third kappa shape index (κ3) is 4.82. The van der Waals surface area contributed by atoms with Crippen LogP contribution in [0.4, 0.5) is 0 Å². The molecule has 1 amide bonds. The average Bonchev–Trinajstić information content (AvgIpc) is 2.24. The lowest BCUT2D eigenvalue weighted by Gasteiger charge is -2.21. The highest BCUT2D eigenvalue weighted by Gasteiger charge is 2.17. The van der Waals surface area contributed by atoms with Gasteiger partial charge < -0.3 is 5.32 Å². The summed E-state index contributed by atoms with van der Waals surface area (Å²) >= 11 is 1.74. The van der Waals surface area contributed by atoms with Gasteiger partial charge in [0.15, 0.2) is 0 Å². The van der Waals surface area contributed by atoms with E-state index < -0.39 is 0 Å². The second kappa shape index (κ2) is 6.10. The summed E-state index contributed by atoms with van der Waals surface area (Å²) < 4.78 is 0. The topological polar surface area (TPSA) is 29.1 Å². The number of carbonyl (C=O) groups excluding carboxylic acids is 1. The fraction of sp³-hybridized carbons (Fsp3) is 0.500. The number of nitrogens with one attached hydrogen (secondary N) is 1. The van der Waals surface area contributed by atoms with Gasteiger partial charge in [0.25, 0.3) is 5.91 Å². The number of hydrogen-bond acceptors (Lipinski definition) is 2. The first-order valence-electron chi connectivity index (χ1n) is 5.98. The van der Waals surface area contributed by atoms with E-state index in [1.54, 1.807) is 11.8 Å². The van der Waals surface area contributed by atoms with Gasteiger partial charge in [0.1, 0.15) is 0 Å². The van der Waals surface area contributed by atoms with Gasteiger partial charge in [0.2, 0.25) is 0 Å². The van der Waals surface area contributed by atoms with Crippen LogP contribution in [0.2, 0.25) is 0 Å². The average molecular weight is 251 g/mol. The maximum Gasteiger partial charge on any atom is 0.252 e. The molecule has 0 aliphatic carbocycles. The van der Waals surface area contributed by atoms with Crippen LogP contribution >= 0.6 is 11.8 Å². The van der Waals surface area contributed by atoms with E-state index in [0.29, 0.717) is 0 Å². The van der Waals surface area contributed by atoms with Crippen molar-refractivity contribution in [2.75, 3.05) is 5.75 Å². The van der Waals surface area contributed by atoms with E-state index in [2.05, 4.69) is 12.2 Å². The molecule has 17 heavy (non-hydrogen) atoms. The predicted octanol–water partition coefficient (Wildman–Crippen LogP) is 3.72. The molecular weight excluding hydrogens is 230 g/mol. The van der Waals surface area contributed by atoms with Crippen molar-refractivity contribution >= 4 is 17.7 Å². The van der Waals surface area contributed by atoms with Gasteiger partial charge in [-0.2, -0.15) is 0 Å². The lowest BCUT2D eigenvalue weighted by atomic mass is 10.1. The lowest BCUT2D eigenvalue weighted by Crippen LogP contribution is -2.40. The minimum Gasteiger partial charge on any atom is -0.347 e. The molecule has 0 spiro atoms. The normalized spacial score (nSPS) is 11.3. The Kier molecular flexibility index (Phi) is 5.06. The standard InChI is InChI=1S/C14H21NOS/c1-5-10-17-12-9-7-6-8-11(12)13(16)15-14(2,3)4/h6-9H,5,10H2,1-4H3,(H,15,16). The van der Waals surface area contributed by atoms with Crippen molar-refractivity contribution in [2.45, 2.75) is 44.6 Å². The Morgan fingerprint density at radius 3 is 2.53 bits per heavy atom. The van der Waals surface area contributed by atoms with Crippen LogP contribution in [0, 0.1) is 0 Å². The van der Waals surface area contributed by atoms with Crippen LogP contribution < -0.4 is 5.32 Å².